The second kappa shape index (κ2) is 9.67. The first-order valence-corrected chi connectivity index (χ1v) is 10.8. The molecule has 2 unspecified atom stereocenters. The Labute approximate surface area is 197 Å². The van der Waals surface area contributed by atoms with Crippen molar-refractivity contribution < 1.29 is 23.9 Å². The maximum atomic E-state index is 13.3. The van der Waals surface area contributed by atoms with Crippen LogP contribution in [-0.4, -0.2) is 23.4 Å². The SMILES string of the molecule is Cc1ccc(NC(=O)C(=O)C(C(=O)/C=C\c2ccccc2)C2OC(=O)c3ccccc32)c(C)c1. The molecule has 0 aliphatic carbocycles. The van der Waals surface area contributed by atoms with Crippen molar-refractivity contribution >= 4 is 35.2 Å². The molecule has 6 nitrogen and oxygen atoms in total. The van der Waals surface area contributed by atoms with Gasteiger partial charge in [-0.2, -0.15) is 0 Å². The highest BCUT2D eigenvalue weighted by Gasteiger charge is 2.45. The van der Waals surface area contributed by atoms with Gasteiger partial charge in [0.05, 0.1) is 5.56 Å². The summed E-state index contributed by atoms with van der Waals surface area (Å²) in [7, 11) is 0. The van der Waals surface area contributed by atoms with Crippen molar-refractivity contribution in [3.05, 3.63) is 107 Å². The normalized spacial score (nSPS) is 15.5. The van der Waals surface area contributed by atoms with Crippen molar-refractivity contribution in [2.24, 2.45) is 5.92 Å². The summed E-state index contributed by atoms with van der Waals surface area (Å²) in [6, 6.07) is 21.0. The zero-order valence-electron chi connectivity index (χ0n) is 18.8. The van der Waals surface area contributed by atoms with E-state index in [-0.39, 0.29) is 5.56 Å². The van der Waals surface area contributed by atoms with E-state index >= 15 is 0 Å². The summed E-state index contributed by atoms with van der Waals surface area (Å²) in [6.45, 7) is 3.73. The first-order chi connectivity index (χ1) is 16.3. The lowest BCUT2D eigenvalue weighted by Crippen LogP contribution is -2.37. The number of fused-ring (bicyclic) bond motifs is 1. The summed E-state index contributed by atoms with van der Waals surface area (Å²) in [6.07, 6.45) is 1.62. The van der Waals surface area contributed by atoms with Gasteiger partial charge in [0.25, 0.3) is 5.91 Å². The highest BCUT2D eigenvalue weighted by Crippen LogP contribution is 2.37. The number of nitrogens with one attached hydrogen (secondary N) is 1. The molecule has 1 N–H and O–H groups in total. The van der Waals surface area contributed by atoms with E-state index in [0.29, 0.717) is 11.3 Å². The van der Waals surface area contributed by atoms with Crippen molar-refractivity contribution in [3.8, 4) is 0 Å². The Kier molecular flexibility index (Phi) is 6.50. The van der Waals surface area contributed by atoms with Gasteiger partial charge in [-0.3, -0.25) is 14.4 Å². The van der Waals surface area contributed by atoms with Gasteiger partial charge >= 0.3 is 5.97 Å². The van der Waals surface area contributed by atoms with Gasteiger partial charge in [0, 0.05) is 11.3 Å². The molecule has 0 bridgehead atoms. The van der Waals surface area contributed by atoms with E-state index in [9.17, 15) is 19.2 Å². The van der Waals surface area contributed by atoms with E-state index in [1.54, 1.807) is 48.5 Å². The first-order valence-electron chi connectivity index (χ1n) is 10.8. The number of hydrogen-bond acceptors (Lipinski definition) is 5. The molecule has 3 aromatic rings. The number of allylic oxidation sites excluding steroid dienone is 1. The molecule has 4 rings (SSSR count). The van der Waals surface area contributed by atoms with Crippen LogP contribution in [0.25, 0.3) is 6.08 Å². The van der Waals surface area contributed by atoms with E-state index in [4.69, 9.17) is 4.74 Å². The number of ether oxygens (including phenoxy) is 1. The van der Waals surface area contributed by atoms with E-state index in [1.807, 2.05) is 44.2 Å². The van der Waals surface area contributed by atoms with E-state index in [1.165, 1.54) is 6.08 Å². The van der Waals surface area contributed by atoms with Gasteiger partial charge < -0.3 is 10.1 Å². The lowest BCUT2D eigenvalue weighted by Gasteiger charge is -2.20. The van der Waals surface area contributed by atoms with E-state index in [2.05, 4.69) is 5.32 Å². The molecule has 1 amide bonds. The van der Waals surface area contributed by atoms with Crippen LogP contribution in [0.15, 0.2) is 78.9 Å². The van der Waals surface area contributed by atoms with Crippen molar-refractivity contribution in [2.75, 3.05) is 5.32 Å². The average molecular weight is 453 g/mol. The Morgan fingerprint density at radius 2 is 1.65 bits per heavy atom. The molecule has 2 atom stereocenters. The molecule has 3 aromatic carbocycles. The average Bonchev–Trinajstić information content (AvgIpc) is 3.16. The second-order valence-electron chi connectivity index (χ2n) is 8.17. The van der Waals surface area contributed by atoms with Crippen molar-refractivity contribution in [2.45, 2.75) is 20.0 Å². The lowest BCUT2D eigenvalue weighted by atomic mass is 9.86. The number of hydrogen-bond donors (Lipinski definition) is 1. The third-order valence-corrected chi connectivity index (χ3v) is 5.71. The number of aryl methyl sites for hydroxylation is 2. The number of carbonyl (C=O) groups is 4. The van der Waals surface area contributed by atoms with Crippen LogP contribution in [0.2, 0.25) is 0 Å². The van der Waals surface area contributed by atoms with Crippen LogP contribution in [0.5, 0.6) is 0 Å². The smallest absolute Gasteiger partial charge is 0.339 e. The zero-order chi connectivity index (χ0) is 24.2. The third-order valence-electron chi connectivity index (χ3n) is 5.71. The fraction of sp³-hybridized carbons (Fsp3) is 0.143. The molecule has 1 aliphatic rings. The van der Waals surface area contributed by atoms with E-state index < -0.39 is 35.5 Å². The van der Waals surface area contributed by atoms with Crippen LogP contribution in [0.4, 0.5) is 5.69 Å². The van der Waals surface area contributed by atoms with E-state index in [0.717, 1.165) is 16.7 Å². The summed E-state index contributed by atoms with van der Waals surface area (Å²) in [5.41, 5.74) is 3.71. The maximum absolute atomic E-state index is 13.3. The predicted octanol–water partition coefficient (Wildman–Crippen LogP) is 4.62. The number of esters is 1. The Morgan fingerprint density at radius 3 is 2.38 bits per heavy atom. The summed E-state index contributed by atoms with van der Waals surface area (Å²) in [5, 5.41) is 2.60. The van der Waals surface area contributed by atoms with Crippen molar-refractivity contribution in [1.82, 2.24) is 0 Å². The van der Waals surface area contributed by atoms with Crippen LogP contribution in [0.3, 0.4) is 0 Å². The Balaban J connectivity index is 1.66. The van der Waals surface area contributed by atoms with Crippen LogP contribution < -0.4 is 5.32 Å². The predicted molar refractivity (Wildman–Crippen MR) is 128 cm³/mol. The van der Waals surface area contributed by atoms with Crippen molar-refractivity contribution in [1.29, 1.82) is 0 Å². The number of benzene rings is 3. The van der Waals surface area contributed by atoms with Gasteiger partial charge in [0.1, 0.15) is 12.0 Å². The molecule has 6 heteroatoms. The summed E-state index contributed by atoms with van der Waals surface area (Å²) in [5.74, 6) is -4.69. The largest absolute Gasteiger partial charge is 0.453 e. The van der Waals surface area contributed by atoms with Crippen LogP contribution in [0.1, 0.15) is 38.7 Å². The topological polar surface area (TPSA) is 89.5 Å². The molecule has 170 valence electrons. The number of anilines is 1. The Bertz CT molecular complexity index is 1310. The standard InChI is InChI=1S/C28H23NO5/c1-17-12-14-22(18(2)16-17)29-27(32)25(31)24(23(30)15-13-19-8-4-3-5-9-19)26-20-10-6-7-11-21(20)28(33)34-26/h3-16,24,26H,1-2H3,(H,29,32)/b15-13-. The molecule has 0 radical (unpaired) electrons. The lowest BCUT2D eigenvalue weighted by molar-refractivity contribution is -0.143. The van der Waals surface area contributed by atoms with Crippen molar-refractivity contribution in [3.63, 3.8) is 0 Å². The highest BCUT2D eigenvalue weighted by atomic mass is 16.5. The number of carbonyl (C=O) groups excluding carboxylic acids is 4. The summed E-state index contributed by atoms with van der Waals surface area (Å²) >= 11 is 0. The van der Waals surface area contributed by atoms with Gasteiger partial charge in [0.15, 0.2) is 5.78 Å². The van der Waals surface area contributed by atoms with Crippen LogP contribution in [-0.2, 0) is 19.1 Å². The molecule has 0 saturated heterocycles. The van der Waals surface area contributed by atoms with Crippen LogP contribution >= 0.6 is 0 Å². The Hall–Kier alpha value is -4.32. The monoisotopic (exact) mass is 453 g/mol. The van der Waals surface area contributed by atoms with Gasteiger partial charge in [-0.1, -0.05) is 72.3 Å². The van der Waals surface area contributed by atoms with Gasteiger partial charge in [-0.25, -0.2) is 4.79 Å². The third kappa shape index (κ3) is 4.71. The first kappa shape index (κ1) is 22.9. The number of amides is 1. The molecule has 34 heavy (non-hydrogen) atoms. The molecule has 0 spiro atoms. The van der Waals surface area contributed by atoms with Gasteiger partial charge in [0.2, 0.25) is 5.78 Å². The van der Waals surface area contributed by atoms with Crippen LogP contribution in [0, 0.1) is 19.8 Å². The highest BCUT2D eigenvalue weighted by molar-refractivity contribution is 6.45. The fourth-order valence-corrected chi connectivity index (χ4v) is 3.96. The second-order valence-corrected chi connectivity index (χ2v) is 8.17. The minimum atomic E-state index is -1.52. The maximum Gasteiger partial charge on any atom is 0.339 e. The number of rotatable bonds is 7. The molecule has 0 fully saturated rings. The fourth-order valence-electron chi connectivity index (χ4n) is 3.96. The number of ketones is 2. The van der Waals surface area contributed by atoms with Gasteiger partial charge in [-0.05, 0) is 43.2 Å². The number of Topliss-reactive ketones (excluding diaryl/α,β-unsaturated/α-hetero) is 1. The summed E-state index contributed by atoms with van der Waals surface area (Å²) in [4.78, 5) is 51.9. The molecule has 1 heterocycles. The minimum absolute atomic E-state index is 0.278. The summed E-state index contributed by atoms with van der Waals surface area (Å²) < 4.78 is 5.43. The quantitative estimate of drug-likeness (QED) is 0.244. The number of cyclic esters (lactones) is 1. The Morgan fingerprint density at radius 1 is 0.941 bits per heavy atom. The molecular formula is C28H23NO5. The molecule has 1 aliphatic heterocycles. The molecular weight excluding hydrogens is 430 g/mol. The molecule has 0 saturated carbocycles. The van der Waals surface area contributed by atoms with Gasteiger partial charge in [-0.15, -0.1) is 0 Å². The minimum Gasteiger partial charge on any atom is -0.453 e. The molecule has 0 aromatic heterocycles. The zero-order valence-corrected chi connectivity index (χ0v) is 18.8.